The first-order valence-electron chi connectivity index (χ1n) is 12.2. The summed E-state index contributed by atoms with van der Waals surface area (Å²) in [4.78, 5) is 18.2. The molecule has 3 heterocycles. The normalized spacial score (nSPS) is 19.7. The van der Waals surface area contributed by atoms with Crippen LogP contribution in [0.25, 0.3) is 11.3 Å². The van der Waals surface area contributed by atoms with E-state index in [1.165, 1.54) is 0 Å². The summed E-state index contributed by atoms with van der Waals surface area (Å²) in [6, 6.07) is 10.2. The van der Waals surface area contributed by atoms with Crippen molar-refractivity contribution in [2.75, 3.05) is 20.2 Å². The molecule has 0 atom stereocenters. The van der Waals surface area contributed by atoms with Gasteiger partial charge in [0.15, 0.2) is 0 Å². The smallest absolute Gasteiger partial charge is 0.481 e. The summed E-state index contributed by atoms with van der Waals surface area (Å²) in [5.74, 6) is 0.708. The Morgan fingerprint density at radius 2 is 1.83 bits per heavy atom. The highest BCUT2D eigenvalue weighted by atomic mass is 35.5. The first-order chi connectivity index (χ1) is 16.5. The van der Waals surface area contributed by atoms with E-state index in [0.29, 0.717) is 23.5 Å². The number of likely N-dealkylation sites (tertiary alicyclic amines) is 1. The fourth-order valence-electron chi connectivity index (χ4n) is 4.48. The van der Waals surface area contributed by atoms with Gasteiger partial charge in [0.25, 0.3) is 0 Å². The van der Waals surface area contributed by atoms with Gasteiger partial charge in [0.2, 0.25) is 11.8 Å². The van der Waals surface area contributed by atoms with Gasteiger partial charge in [-0.25, -0.2) is 4.98 Å². The van der Waals surface area contributed by atoms with Crippen molar-refractivity contribution in [3.05, 3.63) is 40.9 Å². The minimum atomic E-state index is -0.549. The van der Waals surface area contributed by atoms with Gasteiger partial charge in [-0.05, 0) is 46.6 Å². The molecule has 7 nitrogen and oxygen atoms in total. The summed E-state index contributed by atoms with van der Waals surface area (Å²) >= 11 is 6.86. The molecule has 0 saturated carbocycles. The van der Waals surface area contributed by atoms with Crippen molar-refractivity contribution in [3.63, 3.8) is 0 Å². The lowest BCUT2D eigenvalue weighted by atomic mass is 9.78. The Morgan fingerprint density at radius 3 is 2.43 bits per heavy atom. The molecule has 2 aliphatic rings. The third-order valence-electron chi connectivity index (χ3n) is 7.47. The van der Waals surface area contributed by atoms with Gasteiger partial charge in [-0.1, -0.05) is 35.9 Å². The van der Waals surface area contributed by atoms with Crippen molar-refractivity contribution < 1.29 is 18.8 Å². The van der Waals surface area contributed by atoms with Crippen LogP contribution in [0.2, 0.25) is 5.02 Å². The molecule has 9 heteroatoms. The van der Waals surface area contributed by atoms with Crippen LogP contribution in [0.5, 0.6) is 5.88 Å². The maximum atomic E-state index is 11.6. The number of nitrogens with one attached hydrogen (secondary N) is 1. The monoisotopic (exact) mass is 499 g/mol. The van der Waals surface area contributed by atoms with Gasteiger partial charge in [-0.3, -0.25) is 4.79 Å². The molecule has 0 aliphatic carbocycles. The Hall–Kier alpha value is -2.13. The SMILES string of the molecule is COc1nc(-c2cccc(B3OC(C)(C)C(C)(C)O3)c2Cl)ccc1CNC1CCN(C(C)=O)CC1. The van der Waals surface area contributed by atoms with Gasteiger partial charge in [-0.2, -0.15) is 0 Å². The summed E-state index contributed by atoms with van der Waals surface area (Å²) in [5.41, 5.74) is 2.39. The van der Waals surface area contributed by atoms with Crippen molar-refractivity contribution >= 4 is 30.1 Å². The highest BCUT2D eigenvalue weighted by molar-refractivity contribution is 6.66. The summed E-state index contributed by atoms with van der Waals surface area (Å²) in [7, 11) is 1.08. The second kappa shape index (κ2) is 10.1. The van der Waals surface area contributed by atoms with Crippen molar-refractivity contribution in [1.82, 2.24) is 15.2 Å². The molecule has 4 rings (SSSR count). The summed E-state index contributed by atoms with van der Waals surface area (Å²) in [6.07, 6.45) is 1.88. The van der Waals surface area contributed by atoms with Crippen LogP contribution in [0.1, 0.15) is 53.0 Å². The van der Waals surface area contributed by atoms with Crippen LogP contribution in [-0.2, 0) is 20.6 Å². The summed E-state index contributed by atoms with van der Waals surface area (Å²) in [6.45, 7) is 11.9. The first-order valence-corrected chi connectivity index (χ1v) is 12.6. The number of ether oxygens (including phenoxy) is 1. The fourth-order valence-corrected chi connectivity index (χ4v) is 4.79. The Labute approximate surface area is 213 Å². The van der Waals surface area contributed by atoms with E-state index in [9.17, 15) is 4.79 Å². The van der Waals surface area contributed by atoms with E-state index in [1.54, 1.807) is 14.0 Å². The maximum absolute atomic E-state index is 11.6. The van der Waals surface area contributed by atoms with Crippen LogP contribution >= 0.6 is 11.6 Å². The number of benzene rings is 1. The molecule has 2 aliphatic heterocycles. The Balaban J connectivity index is 1.50. The van der Waals surface area contributed by atoms with Crippen molar-refractivity contribution in [2.24, 2.45) is 0 Å². The standard InChI is InChI=1S/C26H35BClN3O4/c1-17(32)31-14-12-19(13-15-31)29-16-18-10-11-22(30-24(18)33-6)20-8-7-9-21(23(20)28)27-34-25(2,3)26(4,5)35-27/h7-11,19,29H,12-16H2,1-6H3. The molecular formula is C26H35BClN3O4. The Morgan fingerprint density at radius 1 is 1.17 bits per heavy atom. The van der Waals surface area contributed by atoms with Gasteiger partial charge in [0, 0.05) is 54.2 Å². The van der Waals surface area contributed by atoms with Crippen molar-refractivity contribution in [2.45, 2.75) is 71.2 Å². The molecule has 1 N–H and O–H groups in total. The molecule has 2 aromatic rings. The van der Waals surface area contributed by atoms with Gasteiger partial charge in [-0.15, -0.1) is 0 Å². The second-order valence-corrected chi connectivity index (χ2v) is 10.7. The van der Waals surface area contributed by atoms with E-state index in [2.05, 4.69) is 5.32 Å². The third-order valence-corrected chi connectivity index (χ3v) is 7.89. The molecule has 188 valence electrons. The lowest BCUT2D eigenvalue weighted by Gasteiger charge is -2.32. The molecule has 0 unspecified atom stereocenters. The van der Waals surface area contributed by atoms with E-state index in [1.807, 2.05) is 62.9 Å². The van der Waals surface area contributed by atoms with Crippen LogP contribution in [0.15, 0.2) is 30.3 Å². The summed E-state index contributed by atoms with van der Waals surface area (Å²) < 4.78 is 18.1. The molecule has 2 saturated heterocycles. The number of rotatable bonds is 6. The average Bonchev–Trinajstić information content (AvgIpc) is 3.04. The van der Waals surface area contributed by atoms with Crippen LogP contribution < -0.4 is 15.5 Å². The molecule has 1 aromatic heterocycles. The minimum absolute atomic E-state index is 0.145. The topological polar surface area (TPSA) is 72.9 Å². The molecule has 0 radical (unpaired) electrons. The zero-order valence-electron chi connectivity index (χ0n) is 21.5. The molecule has 0 spiro atoms. The number of piperidine rings is 1. The van der Waals surface area contributed by atoms with Crippen molar-refractivity contribution in [3.8, 4) is 17.1 Å². The van der Waals surface area contributed by atoms with E-state index >= 15 is 0 Å². The minimum Gasteiger partial charge on any atom is -0.481 e. The molecule has 35 heavy (non-hydrogen) atoms. The predicted molar refractivity (Wildman–Crippen MR) is 139 cm³/mol. The highest BCUT2D eigenvalue weighted by Crippen LogP contribution is 2.38. The van der Waals surface area contributed by atoms with E-state index in [4.69, 9.17) is 30.6 Å². The number of hydrogen-bond donors (Lipinski definition) is 1. The number of carbonyl (C=O) groups excluding carboxylic acids is 1. The largest absolute Gasteiger partial charge is 0.496 e. The van der Waals surface area contributed by atoms with Crippen LogP contribution in [0, 0.1) is 0 Å². The number of aromatic nitrogens is 1. The van der Waals surface area contributed by atoms with Crippen molar-refractivity contribution in [1.29, 1.82) is 0 Å². The first kappa shape index (κ1) is 26.0. The lowest BCUT2D eigenvalue weighted by Crippen LogP contribution is -2.44. The number of nitrogens with zero attached hydrogens (tertiary/aromatic N) is 2. The quantitative estimate of drug-likeness (QED) is 0.609. The number of pyridine rings is 1. The predicted octanol–water partition coefficient (Wildman–Crippen LogP) is 3.81. The van der Waals surface area contributed by atoms with E-state index in [0.717, 1.165) is 48.2 Å². The van der Waals surface area contributed by atoms with Crippen LogP contribution in [0.4, 0.5) is 0 Å². The average molecular weight is 500 g/mol. The maximum Gasteiger partial charge on any atom is 0.496 e. The molecule has 2 fully saturated rings. The Bertz CT molecular complexity index is 1070. The fraction of sp³-hybridized carbons (Fsp3) is 0.538. The van der Waals surface area contributed by atoms with Gasteiger partial charge in [0.05, 0.1) is 24.0 Å². The van der Waals surface area contributed by atoms with Crippen LogP contribution in [-0.4, -0.2) is 60.4 Å². The van der Waals surface area contributed by atoms with E-state index in [-0.39, 0.29) is 5.91 Å². The number of methoxy groups -OCH3 is 1. The molecular weight excluding hydrogens is 465 g/mol. The number of amides is 1. The van der Waals surface area contributed by atoms with Gasteiger partial charge >= 0.3 is 7.12 Å². The van der Waals surface area contributed by atoms with Gasteiger partial charge < -0.3 is 24.3 Å². The zero-order valence-corrected chi connectivity index (χ0v) is 22.2. The highest BCUT2D eigenvalue weighted by Gasteiger charge is 2.52. The molecule has 1 amide bonds. The van der Waals surface area contributed by atoms with Gasteiger partial charge in [0.1, 0.15) is 0 Å². The number of halogens is 1. The number of carbonyl (C=O) groups is 1. The second-order valence-electron chi connectivity index (χ2n) is 10.3. The summed E-state index contributed by atoms with van der Waals surface area (Å²) in [5, 5.41) is 4.15. The molecule has 0 bridgehead atoms. The molecule has 1 aromatic carbocycles. The third kappa shape index (κ3) is 5.36. The zero-order chi connectivity index (χ0) is 25.4. The van der Waals surface area contributed by atoms with Crippen LogP contribution in [0.3, 0.4) is 0 Å². The van der Waals surface area contributed by atoms with E-state index < -0.39 is 18.3 Å². The number of hydrogen-bond acceptors (Lipinski definition) is 6. The Kier molecular flexibility index (Phi) is 7.48. The lowest BCUT2D eigenvalue weighted by molar-refractivity contribution is -0.129.